The predicted octanol–water partition coefficient (Wildman–Crippen LogP) is 2.22. The van der Waals surface area contributed by atoms with Crippen molar-refractivity contribution in [1.29, 1.82) is 0 Å². The third-order valence-corrected chi connectivity index (χ3v) is 2.14. The number of methoxy groups -OCH3 is 2. The lowest BCUT2D eigenvalue weighted by atomic mass is 10.1. The van der Waals surface area contributed by atoms with Gasteiger partial charge in [0.1, 0.15) is 17.8 Å². The van der Waals surface area contributed by atoms with Gasteiger partial charge >= 0.3 is 0 Å². The largest absolute Gasteiger partial charge is 0.496 e. The Kier molecular flexibility index (Phi) is 3.92. The van der Waals surface area contributed by atoms with Gasteiger partial charge in [0.2, 0.25) is 0 Å². The van der Waals surface area contributed by atoms with Crippen LogP contribution < -0.4 is 9.47 Å². The van der Waals surface area contributed by atoms with Gasteiger partial charge < -0.3 is 9.47 Å². The number of hydrogen-bond donors (Lipinski definition) is 0. The summed E-state index contributed by atoms with van der Waals surface area (Å²) >= 11 is 0. The maximum Gasteiger partial charge on any atom is 0.142 e. The zero-order valence-corrected chi connectivity index (χ0v) is 9.11. The van der Waals surface area contributed by atoms with Gasteiger partial charge in [-0.05, 0) is 30.7 Å². The summed E-state index contributed by atoms with van der Waals surface area (Å²) in [7, 11) is 3.21. The van der Waals surface area contributed by atoms with Crippen LogP contribution >= 0.6 is 0 Å². The van der Waals surface area contributed by atoms with Crippen LogP contribution in [0, 0.1) is 6.92 Å². The van der Waals surface area contributed by atoms with Crippen molar-refractivity contribution < 1.29 is 14.3 Å². The van der Waals surface area contributed by atoms with E-state index in [9.17, 15) is 4.79 Å². The molecule has 0 saturated carbocycles. The van der Waals surface area contributed by atoms with E-state index >= 15 is 0 Å². The molecule has 0 atom stereocenters. The predicted molar refractivity (Wildman–Crippen MR) is 59.4 cm³/mol. The van der Waals surface area contributed by atoms with Crippen molar-refractivity contribution in [3.63, 3.8) is 0 Å². The van der Waals surface area contributed by atoms with Gasteiger partial charge in [-0.2, -0.15) is 0 Å². The lowest BCUT2D eigenvalue weighted by molar-refractivity contribution is -0.104. The smallest absolute Gasteiger partial charge is 0.142 e. The molecule has 0 spiro atoms. The van der Waals surface area contributed by atoms with Crippen LogP contribution in [-0.4, -0.2) is 20.5 Å². The van der Waals surface area contributed by atoms with Gasteiger partial charge in [0.25, 0.3) is 0 Å². The highest BCUT2D eigenvalue weighted by Crippen LogP contribution is 2.29. The van der Waals surface area contributed by atoms with Crippen molar-refractivity contribution in [1.82, 2.24) is 0 Å². The molecule has 1 rings (SSSR count). The third-order valence-electron chi connectivity index (χ3n) is 2.14. The van der Waals surface area contributed by atoms with Crippen molar-refractivity contribution >= 4 is 12.4 Å². The molecular weight excluding hydrogens is 192 g/mol. The topological polar surface area (TPSA) is 35.5 Å². The number of benzene rings is 1. The Morgan fingerprint density at radius 1 is 1.13 bits per heavy atom. The molecule has 0 N–H and O–H groups in total. The van der Waals surface area contributed by atoms with E-state index in [1.165, 1.54) is 6.08 Å². The number of carbonyl (C=O) groups is 1. The van der Waals surface area contributed by atoms with Crippen LogP contribution in [0.15, 0.2) is 18.2 Å². The summed E-state index contributed by atoms with van der Waals surface area (Å²) in [5, 5.41) is 0. The molecule has 0 aliphatic rings. The minimum atomic E-state index is 0.735. The average molecular weight is 206 g/mol. The Labute approximate surface area is 89.3 Å². The van der Waals surface area contributed by atoms with Gasteiger partial charge in [0, 0.05) is 5.56 Å². The second-order valence-corrected chi connectivity index (χ2v) is 3.05. The number of hydrogen-bond acceptors (Lipinski definition) is 3. The summed E-state index contributed by atoms with van der Waals surface area (Å²) in [5.41, 5.74) is 1.82. The number of ether oxygens (including phenoxy) is 2. The van der Waals surface area contributed by atoms with Gasteiger partial charge in [0.05, 0.1) is 14.2 Å². The van der Waals surface area contributed by atoms with Crippen LogP contribution in [0.5, 0.6) is 11.5 Å². The Morgan fingerprint density at radius 3 is 2.07 bits per heavy atom. The highest BCUT2D eigenvalue weighted by atomic mass is 16.5. The molecule has 0 saturated heterocycles. The van der Waals surface area contributed by atoms with E-state index in [0.29, 0.717) is 0 Å². The van der Waals surface area contributed by atoms with E-state index in [4.69, 9.17) is 9.47 Å². The molecule has 0 radical (unpaired) electrons. The van der Waals surface area contributed by atoms with Gasteiger partial charge in [-0.25, -0.2) is 0 Å². The van der Waals surface area contributed by atoms with Crippen molar-refractivity contribution in [2.45, 2.75) is 6.92 Å². The molecule has 80 valence electrons. The Bertz CT molecular complexity index is 355. The van der Waals surface area contributed by atoms with Gasteiger partial charge in [-0.3, -0.25) is 4.79 Å². The standard InChI is InChI=1S/C12H14O3/c1-9-11(14-2)7-10(5-4-6-13)8-12(9)15-3/h4-8H,1-3H3/b5-4+. The van der Waals surface area contributed by atoms with Gasteiger partial charge in [0.15, 0.2) is 0 Å². The summed E-state index contributed by atoms with van der Waals surface area (Å²) in [4.78, 5) is 10.2. The molecule has 0 amide bonds. The fourth-order valence-corrected chi connectivity index (χ4v) is 1.35. The van der Waals surface area contributed by atoms with E-state index in [0.717, 1.165) is 28.9 Å². The summed E-state index contributed by atoms with van der Waals surface area (Å²) in [5.74, 6) is 1.50. The van der Waals surface area contributed by atoms with Crippen molar-refractivity contribution in [3.05, 3.63) is 29.3 Å². The van der Waals surface area contributed by atoms with Crippen LogP contribution in [0.25, 0.3) is 6.08 Å². The highest BCUT2D eigenvalue weighted by molar-refractivity contribution is 5.74. The molecule has 0 unspecified atom stereocenters. The van der Waals surface area contributed by atoms with E-state index in [2.05, 4.69) is 0 Å². The quantitative estimate of drug-likeness (QED) is 0.559. The molecule has 1 aromatic rings. The summed E-state index contributed by atoms with van der Waals surface area (Å²) in [6.45, 7) is 1.92. The zero-order valence-electron chi connectivity index (χ0n) is 9.11. The number of aldehydes is 1. The molecule has 3 heteroatoms. The molecule has 0 aromatic heterocycles. The maximum atomic E-state index is 10.2. The fraction of sp³-hybridized carbons (Fsp3) is 0.250. The molecule has 1 aromatic carbocycles. The first-order valence-corrected chi connectivity index (χ1v) is 4.57. The van der Waals surface area contributed by atoms with Crippen LogP contribution in [-0.2, 0) is 4.79 Å². The van der Waals surface area contributed by atoms with Crippen LogP contribution in [0.3, 0.4) is 0 Å². The first-order valence-electron chi connectivity index (χ1n) is 4.57. The van der Waals surface area contributed by atoms with Gasteiger partial charge in [-0.15, -0.1) is 0 Å². The van der Waals surface area contributed by atoms with Crippen LogP contribution in [0.4, 0.5) is 0 Å². The SMILES string of the molecule is COc1cc(/C=C/C=O)cc(OC)c1C. The minimum absolute atomic E-state index is 0.735. The maximum absolute atomic E-state index is 10.2. The van der Waals surface area contributed by atoms with Crippen molar-refractivity contribution in [2.75, 3.05) is 14.2 Å². The average Bonchev–Trinajstić information content (AvgIpc) is 2.27. The molecule has 15 heavy (non-hydrogen) atoms. The Morgan fingerprint density at radius 2 is 1.67 bits per heavy atom. The van der Waals surface area contributed by atoms with E-state index < -0.39 is 0 Å². The van der Waals surface area contributed by atoms with E-state index in [1.54, 1.807) is 20.3 Å². The van der Waals surface area contributed by atoms with Crippen molar-refractivity contribution in [2.24, 2.45) is 0 Å². The number of carbonyl (C=O) groups excluding carboxylic acids is 1. The summed E-state index contributed by atoms with van der Waals surface area (Å²) in [6, 6.07) is 3.72. The fourth-order valence-electron chi connectivity index (χ4n) is 1.35. The van der Waals surface area contributed by atoms with Crippen molar-refractivity contribution in [3.8, 4) is 11.5 Å². The lowest BCUT2D eigenvalue weighted by Gasteiger charge is -2.10. The molecule has 0 heterocycles. The molecule has 0 aliphatic carbocycles. The van der Waals surface area contributed by atoms with Gasteiger partial charge in [-0.1, -0.05) is 6.08 Å². The van der Waals surface area contributed by atoms with Crippen LogP contribution in [0.1, 0.15) is 11.1 Å². The normalized spacial score (nSPS) is 10.3. The first-order chi connectivity index (χ1) is 7.22. The highest BCUT2D eigenvalue weighted by Gasteiger charge is 2.06. The van der Waals surface area contributed by atoms with E-state index in [-0.39, 0.29) is 0 Å². The molecule has 0 bridgehead atoms. The molecule has 0 fully saturated rings. The minimum Gasteiger partial charge on any atom is -0.496 e. The second kappa shape index (κ2) is 5.20. The molecule has 3 nitrogen and oxygen atoms in total. The number of rotatable bonds is 4. The molecule has 0 aliphatic heterocycles. The Balaban J connectivity index is 3.20. The monoisotopic (exact) mass is 206 g/mol. The summed E-state index contributed by atoms with van der Waals surface area (Å²) in [6.07, 6.45) is 3.87. The number of allylic oxidation sites excluding steroid dienone is 1. The van der Waals surface area contributed by atoms with Crippen LogP contribution in [0.2, 0.25) is 0 Å². The lowest BCUT2D eigenvalue weighted by Crippen LogP contribution is -1.93. The summed E-state index contributed by atoms with van der Waals surface area (Å²) < 4.78 is 10.4. The van der Waals surface area contributed by atoms with E-state index in [1.807, 2.05) is 19.1 Å². The third kappa shape index (κ3) is 2.59. The first kappa shape index (κ1) is 11.3. The zero-order chi connectivity index (χ0) is 11.3. The Hall–Kier alpha value is -1.77. The molecular formula is C12H14O3. The second-order valence-electron chi connectivity index (χ2n) is 3.05.